The molecular formula is C15H17ClO. The average molecular weight is 249 g/mol. The second kappa shape index (κ2) is 6.97. The topological polar surface area (TPSA) is 20.2 Å². The summed E-state index contributed by atoms with van der Waals surface area (Å²) in [4.78, 5) is 0. The Morgan fingerprint density at radius 2 is 1.47 bits per heavy atom. The largest absolute Gasteiger partial charge is 0.508 e. The Morgan fingerprint density at radius 3 is 1.82 bits per heavy atom. The smallest absolute Gasteiger partial charge is 0.119 e. The molecule has 0 fully saturated rings. The fourth-order valence-corrected chi connectivity index (χ4v) is 1.72. The van der Waals surface area contributed by atoms with Crippen LogP contribution in [-0.4, -0.2) is 5.11 Å². The molecule has 0 aromatic heterocycles. The quantitative estimate of drug-likeness (QED) is 0.782. The van der Waals surface area contributed by atoms with Crippen molar-refractivity contribution in [1.29, 1.82) is 0 Å². The van der Waals surface area contributed by atoms with E-state index >= 15 is 0 Å². The van der Waals surface area contributed by atoms with Gasteiger partial charge in [-0.1, -0.05) is 54.9 Å². The zero-order valence-corrected chi connectivity index (χ0v) is 10.9. The number of hydrogen-bond acceptors (Lipinski definition) is 1. The molecule has 0 radical (unpaired) electrons. The summed E-state index contributed by atoms with van der Waals surface area (Å²) in [5.74, 6) is 0.342. The Labute approximate surface area is 108 Å². The summed E-state index contributed by atoms with van der Waals surface area (Å²) in [6.45, 7) is 3.92. The number of phenols is 1. The van der Waals surface area contributed by atoms with Crippen LogP contribution in [0.2, 0.25) is 5.02 Å². The van der Waals surface area contributed by atoms with E-state index in [-0.39, 0.29) is 0 Å². The van der Waals surface area contributed by atoms with Crippen LogP contribution in [0.15, 0.2) is 48.5 Å². The van der Waals surface area contributed by atoms with Crippen molar-refractivity contribution >= 4 is 11.6 Å². The van der Waals surface area contributed by atoms with Crippen LogP contribution in [0, 0.1) is 6.92 Å². The molecule has 2 heteroatoms. The Hall–Kier alpha value is -1.47. The summed E-state index contributed by atoms with van der Waals surface area (Å²) in [5, 5.41) is 10.1. The molecule has 0 aliphatic rings. The maximum absolute atomic E-state index is 9.36. The van der Waals surface area contributed by atoms with Gasteiger partial charge < -0.3 is 5.11 Å². The SMILES string of the molecule is CCc1c(O)ccc(Cl)c1C.c1ccccc1. The molecule has 90 valence electrons. The van der Waals surface area contributed by atoms with Gasteiger partial charge in [0.05, 0.1) is 0 Å². The van der Waals surface area contributed by atoms with Crippen molar-refractivity contribution in [3.8, 4) is 5.75 Å². The van der Waals surface area contributed by atoms with Crippen LogP contribution < -0.4 is 0 Å². The van der Waals surface area contributed by atoms with E-state index in [9.17, 15) is 5.11 Å². The molecule has 0 aliphatic heterocycles. The van der Waals surface area contributed by atoms with E-state index in [0.29, 0.717) is 5.75 Å². The van der Waals surface area contributed by atoms with Crippen LogP contribution in [0.1, 0.15) is 18.1 Å². The van der Waals surface area contributed by atoms with Crippen molar-refractivity contribution in [3.05, 3.63) is 64.7 Å². The average Bonchev–Trinajstić information content (AvgIpc) is 2.38. The molecule has 1 nitrogen and oxygen atoms in total. The van der Waals surface area contributed by atoms with Gasteiger partial charge in [0, 0.05) is 5.02 Å². The summed E-state index contributed by atoms with van der Waals surface area (Å²) < 4.78 is 0. The highest BCUT2D eigenvalue weighted by molar-refractivity contribution is 6.31. The predicted octanol–water partition coefficient (Wildman–Crippen LogP) is 4.60. The molecule has 2 aromatic carbocycles. The monoisotopic (exact) mass is 248 g/mol. The van der Waals surface area contributed by atoms with E-state index in [0.717, 1.165) is 22.6 Å². The molecule has 0 unspecified atom stereocenters. The van der Waals surface area contributed by atoms with Gasteiger partial charge in [0.25, 0.3) is 0 Å². The lowest BCUT2D eigenvalue weighted by Crippen LogP contribution is -1.87. The van der Waals surface area contributed by atoms with Crippen molar-refractivity contribution in [2.45, 2.75) is 20.3 Å². The Balaban J connectivity index is 0.000000202. The molecule has 0 atom stereocenters. The third-order valence-corrected chi connectivity index (χ3v) is 2.94. The van der Waals surface area contributed by atoms with Crippen LogP contribution in [0.4, 0.5) is 0 Å². The highest BCUT2D eigenvalue weighted by Gasteiger charge is 2.04. The molecule has 0 aliphatic carbocycles. The number of aromatic hydroxyl groups is 1. The summed E-state index contributed by atoms with van der Waals surface area (Å²) in [6, 6.07) is 15.3. The summed E-state index contributed by atoms with van der Waals surface area (Å²) >= 11 is 5.85. The summed E-state index contributed by atoms with van der Waals surface area (Å²) in [7, 11) is 0. The molecule has 1 N–H and O–H groups in total. The number of halogens is 1. The zero-order valence-electron chi connectivity index (χ0n) is 10.2. The van der Waals surface area contributed by atoms with Crippen molar-refractivity contribution < 1.29 is 5.11 Å². The molecule has 0 spiro atoms. The lowest BCUT2D eigenvalue weighted by atomic mass is 10.1. The molecule has 17 heavy (non-hydrogen) atoms. The van der Waals surface area contributed by atoms with Gasteiger partial charge in [-0.2, -0.15) is 0 Å². The maximum atomic E-state index is 9.36. The van der Waals surface area contributed by atoms with Gasteiger partial charge >= 0.3 is 0 Å². The number of benzene rings is 2. The molecule has 2 rings (SSSR count). The maximum Gasteiger partial charge on any atom is 0.119 e. The van der Waals surface area contributed by atoms with Gasteiger partial charge in [0.2, 0.25) is 0 Å². The Morgan fingerprint density at radius 1 is 1.00 bits per heavy atom. The Bertz CT molecular complexity index is 425. The number of hydrogen-bond donors (Lipinski definition) is 1. The third kappa shape index (κ3) is 4.12. The first-order chi connectivity index (χ1) is 8.16. The molecule has 2 aromatic rings. The first kappa shape index (κ1) is 13.6. The highest BCUT2D eigenvalue weighted by atomic mass is 35.5. The second-order valence-corrected chi connectivity index (χ2v) is 4.09. The van der Waals surface area contributed by atoms with E-state index in [1.165, 1.54) is 0 Å². The third-order valence-electron chi connectivity index (χ3n) is 2.53. The lowest BCUT2D eigenvalue weighted by Gasteiger charge is -2.06. The molecule has 0 saturated heterocycles. The first-order valence-electron chi connectivity index (χ1n) is 5.63. The molecule has 0 amide bonds. The van der Waals surface area contributed by atoms with Crippen molar-refractivity contribution in [3.63, 3.8) is 0 Å². The molecular weight excluding hydrogens is 232 g/mol. The van der Waals surface area contributed by atoms with E-state index in [1.807, 2.05) is 50.2 Å². The van der Waals surface area contributed by atoms with Crippen LogP contribution in [0.5, 0.6) is 5.75 Å². The normalized spacial score (nSPS) is 9.35. The van der Waals surface area contributed by atoms with Gasteiger partial charge in [-0.25, -0.2) is 0 Å². The fraction of sp³-hybridized carbons (Fsp3) is 0.200. The molecule has 0 bridgehead atoms. The van der Waals surface area contributed by atoms with Gasteiger partial charge in [-0.15, -0.1) is 0 Å². The highest BCUT2D eigenvalue weighted by Crippen LogP contribution is 2.27. The summed E-state index contributed by atoms with van der Waals surface area (Å²) in [5.41, 5.74) is 1.92. The Kier molecular flexibility index (Phi) is 5.58. The van der Waals surface area contributed by atoms with Crippen LogP contribution in [0.3, 0.4) is 0 Å². The van der Waals surface area contributed by atoms with Gasteiger partial charge in [0.15, 0.2) is 0 Å². The minimum atomic E-state index is 0.342. The van der Waals surface area contributed by atoms with Gasteiger partial charge in [0.1, 0.15) is 5.75 Å². The predicted molar refractivity (Wildman–Crippen MR) is 73.7 cm³/mol. The van der Waals surface area contributed by atoms with Crippen LogP contribution in [-0.2, 0) is 6.42 Å². The van der Waals surface area contributed by atoms with E-state index in [4.69, 9.17) is 11.6 Å². The van der Waals surface area contributed by atoms with Crippen molar-refractivity contribution in [2.75, 3.05) is 0 Å². The minimum Gasteiger partial charge on any atom is -0.508 e. The first-order valence-corrected chi connectivity index (χ1v) is 6.01. The van der Waals surface area contributed by atoms with E-state index in [2.05, 4.69) is 0 Å². The standard InChI is InChI=1S/C9H11ClO.C6H6/c1-3-7-6(2)8(10)4-5-9(7)11;1-2-4-6-5-3-1/h4-5,11H,3H2,1-2H3;1-6H. The van der Waals surface area contributed by atoms with Gasteiger partial charge in [-0.05, 0) is 36.6 Å². The number of rotatable bonds is 1. The van der Waals surface area contributed by atoms with Crippen LogP contribution >= 0.6 is 11.6 Å². The van der Waals surface area contributed by atoms with E-state index in [1.54, 1.807) is 12.1 Å². The lowest BCUT2D eigenvalue weighted by molar-refractivity contribution is 0.468. The van der Waals surface area contributed by atoms with E-state index < -0.39 is 0 Å². The number of phenolic OH excluding ortho intramolecular Hbond substituents is 1. The van der Waals surface area contributed by atoms with Crippen molar-refractivity contribution in [1.82, 2.24) is 0 Å². The zero-order chi connectivity index (χ0) is 12.7. The summed E-state index contributed by atoms with van der Waals surface area (Å²) in [6.07, 6.45) is 0.818. The van der Waals surface area contributed by atoms with Gasteiger partial charge in [-0.3, -0.25) is 0 Å². The van der Waals surface area contributed by atoms with Crippen LogP contribution in [0.25, 0.3) is 0 Å². The molecule has 0 heterocycles. The second-order valence-electron chi connectivity index (χ2n) is 3.68. The minimum absolute atomic E-state index is 0.342. The van der Waals surface area contributed by atoms with Crippen molar-refractivity contribution in [2.24, 2.45) is 0 Å². The molecule has 0 saturated carbocycles. The fourth-order valence-electron chi connectivity index (χ4n) is 1.55.